The number of benzene rings is 2. The van der Waals surface area contributed by atoms with Gasteiger partial charge in [-0.25, -0.2) is 0 Å². The van der Waals surface area contributed by atoms with Gasteiger partial charge >= 0.3 is 0 Å². The zero-order valence-electron chi connectivity index (χ0n) is 41.1. The molecular formula is C48H84Cl2N8O6S6. The number of likely N-dealkylation sites (tertiary alicyclic amines) is 2. The number of nitrogens with zero attached hydrogens (tertiary/aromatic N) is 2. The number of halogens is 2. The highest BCUT2D eigenvalue weighted by molar-refractivity contribution is 7.60. The summed E-state index contributed by atoms with van der Waals surface area (Å²) in [5, 5.41) is 18.4. The fraction of sp³-hybridized carbons (Fsp3) is 0.625. The van der Waals surface area contributed by atoms with Gasteiger partial charge in [-0.15, -0.1) is 24.8 Å². The highest BCUT2D eigenvalue weighted by Gasteiger charge is 2.40. The van der Waals surface area contributed by atoms with E-state index in [2.05, 4.69) is 56.2 Å². The van der Waals surface area contributed by atoms with E-state index in [1.54, 1.807) is 37.7 Å². The van der Waals surface area contributed by atoms with Gasteiger partial charge in [0.15, 0.2) is 0 Å². The number of fused-ring (bicyclic) bond motifs is 2. The molecule has 2 aliphatic carbocycles. The van der Waals surface area contributed by atoms with Crippen LogP contribution in [0.3, 0.4) is 0 Å². The van der Waals surface area contributed by atoms with Gasteiger partial charge in [0.05, 0.1) is 24.2 Å². The third kappa shape index (κ3) is 19.0. The molecule has 2 aromatic carbocycles. The first-order valence-electron chi connectivity index (χ1n) is 23.3. The lowest BCUT2D eigenvalue weighted by Crippen LogP contribution is -2.55. The fourth-order valence-corrected chi connectivity index (χ4v) is 9.77. The molecule has 22 heteroatoms. The summed E-state index contributed by atoms with van der Waals surface area (Å²) in [7, 11) is 3.39. The van der Waals surface area contributed by atoms with Crippen molar-refractivity contribution in [2.75, 3.05) is 27.2 Å². The van der Waals surface area contributed by atoms with E-state index in [0.717, 1.165) is 62.5 Å². The number of amides is 6. The Kier molecular flexibility index (Phi) is 37.0. The number of hydrogen-bond acceptors (Lipinski definition) is 8. The maximum absolute atomic E-state index is 14.2. The summed E-state index contributed by atoms with van der Waals surface area (Å²) in [5.41, 5.74) is 4.79. The molecule has 0 aromatic heterocycles. The van der Waals surface area contributed by atoms with E-state index in [-0.39, 0.29) is 153 Å². The molecule has 2 heterocycles. The van der Waals surface area contributed by atoms with Crippen LogP contribution in [0.2, 0.25) is 0 Å². The predicted molar refractivity (Wildman–Crippen MR) is 315 cm³/mol. The van der Waals surface area contributed by atoms with Crippen molar-refractivity contribution < 1.29 is 28.8 Å². The molecule has 70 heavy (non-hydrogen) atoms. The number of carbonyl (C=O) groups excluding carboxylic acids is 6. The van der Waals surface area contributed by atoms with Crippen LogP contribution < -0.4 is 31.9 Å². The van der Waals surface area contributed by atoms with E-state index in [1.165, 1.54) is 11.1 Å². The second-order valence-corrected chi connectivity index (χ2v) is 17.8. The molecule has 2 saturated heterocycles. The summed E-state index contributed by atoms with van der Waals surface area (Å²) < 4.78 is 0. The number of nitrogens with one attached hydrogen (secondary N) is 6. The van der Waals surface area contributed by atoms with Gasteiger partial charge < -0.3 is 41.7 Å². The molecule has 14 nitrogen and oxygen atoms in total. The zero-order valence-corrected chi connectivity index (χ0v) is 48.8. The van der Waals surface area contributed by atoms with Crippen molar-refractivity contribution in [1.82, 2.24) is 41.7 Å². The van der Waals surface area contributed by atoms with Gasteiger partial charge in [-0.3, -0.25) is 28.8 Å². The van der Waals surface area contributed by atoms with Crippen molar-refractivity contribution in [2.24, 2.45) is 0 Å². The van der Waals surface area contributed by atoms with Crippen LogP contribution in [-0.2, 0) is 41.6 Å². The highest BCUT2D eigenvalue weighted by Crippen LogP contribution is 2.32. The van der Waals surface area contributed by atoms with Gasteiger partial charge in [0, 0.05) is 13.1 Å². The third-order valence-corrected chi connectivity index (χ3v) is 13.7. The molecule has 6 amide bonds. The predicted octanol–water partition coefficient (Wildman–Crippen LogP) is 5.40. The Morgan fingerprint density at radius 1 is 0.529 bits per heavy atom. The Bertz CT molecular complexity index is 1800. The van der Waals surface area contributed by atoms with E-state index in [1.807, 2.05) is 24.3 Å². The van der Waals surface area contributed by atoms with Gasteiger partial charge in [0.1, 0.15) is 24.2 Å². The molecule has 0 unspecified atom stereocenters. The third-order valence-electron chi connectivity index (χ3n) is 13.7. The van der Waals surface area contributed by atoms with E-state index in [4.69, 9.17) is 0 Å². The van der Waals surface area contributed by atoms with Crippen LogP contribution in [0.15, 0.2) is 48.5 Å². The molecule has 402 valence electrons. The van der Waals surface area contributed by atoms with E-state index < -0.39 is 36.3 Å². The van der Waals surface area contributed by atoms with Gasteiger partial charge in [-0.2, -0.15) is 81.0 Å². The molecule has 2 fully saturated rings. The van der Waals surface area contributed by atoms with Gasteiger partial charge in [-0.05, 0) is 127 Å². The van der Waals surface area contributed by atoms with Crippen molar-refractivity contribution in [1.29, 1.82) is 0 Å². The average molecular weight is 1130 g/mol. The molecule has 2 aromatic rings. The SMILES string of the molecule is CN[C@@H](C)C(=O)N[C@@H](CCCCCC[C@H](NC(=O)[C@H](C)NC)C(=O)N1CCC[C@H]1C(=O)N[C@@H]1CCCc2ccccc21)C(=O)N1CCC[C@H]1C(=O)N[C@@H]1CCCc2ccccc21.Cl.Cl.S.S.S.S.S.S. The number of aryl methyl sites for hydroxylation is 2. The summed E-state index contributed by atoms with van der Waals surface area (Å²) >= 11 is 0. The first-order chi connectivity index (χ1) is 30.0. The topological polar surface area (TPSA) is 181 Å². The van der Waals surface area contributed by atoms with Crippen molar-refractivity contribution >= 4 is 141 Å². The number of rotatable bonds is 19. The molecule has 2 aliphatic heterocycles. The highest BCUT2D eigenvalue weighted by atomic mass is 35.5. The van der Waals surface area contributed by atoms with Crippen LogP contribution in [0.5, 0.6) is 0 Å². The van der Waals surface area contributed by atoms with Crippen molar-refractivity contribution in [3.8, 4) is 0 Å². The monoisotopic (exact) mass is 1130 g/mol. The first-order valence-corrected chi connectivity index (χ1v) is 23.3. The minimum atomic E-state index is -0.793. The van der Waals surface area contributed by atoms with E-state index in [0.29, 0.717) is 64.5 Å². The zero-order chi connectivity index (χ0) is 44.2. The van der Waals surface area contributed by atoms with Gasteiger partial charge in [0.2, 0.25) is 35.4 Å². The minimum Gasteiger partial charge on any atom is -0.347 e. The first kappa shape index (κ1) is 72.1. The number of carbonyl (C=O) groups is 6. The molecule has 0 saturated carbocycles. The summed E-state index contributed by atoms with van der Waals surface area (Å²) in [4.78, 5) is 85.6. The lowest BCUT2D eigenvalue weighted by atomic mass is 9.87. The van der Waals surface area contributed by atoms with Gasteiger partial charge in [0.25, 0.3) is 0 Å². The summed E-state index contributed by atoms with van der Waals surface area (Å²) in [6, 6.07) is 12.5. The van der Waals surface area contributed by atoms with Crippen LogP contribution >= 0.6 is 106 Å². The second-order valence-electron chi connectivity index (χ2n) is 17.8. The fourth-order valence-electron chi connectivity index (χ4n) is 9.77. The maximum Gasteiger partial charge on any atom is 0.245 e. The normalized spacial score (nSPS) is 20.1. The van der Waals surface area contributed by atoms with E-state index in [9.17, 15) is 28.8 Å². The average Bonchev–Trinajstić information content (AvgIpc) is 4.00. The Labute approximate surface area is 471 Å². The van der Waals surface area contributed by atoms with Crippen molar-refractivity contribution in [2.45, 2.75) is 165 Å². The largest absolute Gasteiger partial charge is 0.347 e. The molecule has 0 bridgehead atoms. The standard InChI is InChI=1S/C48H70N8O6.2ClH.6H2S/c1-31(49-3)43(57)53-39(47(61)55-29-15-27-41(55)45(59)51-37-25-13-19-33-17-9-11-21-35(33)37)23-7-5-6-8-24-40(54-44(58)32(2)50-4)48(62)56-30-16-28-42(56)46(60)52-38-26-14-20-34-18-10-12-22-36(34)38;;;;;;;;/h9-12,17-18,21-22,31-32,37-42,49-50H,5-8,13-16,19-20,23-30H2,1-4H3,(H,51,59)(H,52,60)(H,53,57)(H,54,58);2*1H;6*1H2/t31-,32-,37+,38+,39-,40-,41-,42-;;;;;;;;/m0......../s1. The summed E-state index contributed by atoms with van der Waals surface area (Å²) in [6.07, 6.45) is 11.7. The van der Waals surface area contributed by atoms with Crippen LogP contribution in [0.1, 0.15) is 138 Å². The lowest BCUT2D eigenvalue weighted by molar-refractivity contribution is -0.142. The summed E-state index contributed by atoms with van der Waals surface area (Å²) in [5.74, 6) is -1.35. The molecule has 4 aliphatic rings. The molecule has 8 atom stereocenters. The van der Waals surface area contributed by atoms with Crippen LogP contribution in [0.25, 0.3) is 0 Å². The van der Waals surface area contributed by atoms with Crippen molar-refractivity contribution in [3.05, 3.63) is 70.8 Å². The number of hydrogen-bond donors (Lipinski definition) is 6. The van der Waals surface area contributed by atoms with Crippen LogP contribution in [0, 0.1) is 0 Å². The quantitative estimate of drug-likeness (QED) is 0.101. The Hall–Kier alpha value is -2.14. The second kappa shape index (κ2) is 35.9. The van der Waals surface area contributed by atoms with Crippen LogP contribution in [0.4, 0.5) is 0 Å². The smallest absolute Gasteiger partial charge is 0.245 e. The van der Waals surface area contributed by atoms with Crippen molar-refractivity contribution in [3.63, 3.8) is 0 Å². The maximum atomic E-state index is 14.2. The van der Waals surface area contributed by atoms with E-state index >= 15 is 0 Å². The minimum absolute atomic E-state index is 0. The molecular weight excluding hydrogens is 1050 g/mol. The van der Waals surface area contributed by atoms with Crippen LogP contribution in [-0.4, -0.2) is 109 Å². The molecule has 0 spiro atoms. The number of unbranched alkanes of at least 4 members (excludes halogenated alkanes) is 3. The molecule has 6 N–H and O–H groups in total. The molecule has 6 rings (SSSR count). The Morgan fingerprint density at radius 2 is 0.886 bits per heavy atom. The van der Waals surface area contributed by atoms with Gasteiger partial charge in [-0.1, -0.05) is 74.2 Å². The lowest BCUT2D eigenvalue weighted by Gasteiger charge is -2.32. The Morgan fingerprint density at radius 3 is 1.24 bits per heavy atom. The Balaban J connectivity index is -0.00000561. The number of likely N-dealkylation sites (N-methyl/N-ethyl adjacent to an activating group) is 2. The molecule has 0 radical (unpaired) electrons. The summed E-state index contributed by atoms with van der Waals surface area (Å²) in [6.45, 7) is 4.39.